The van der Waals surface area contributed by atoms with Crippen LogP contribution < -0.4 is 4.72 Å². The summed E-state index contributed by atoms with van der Waals surface area (Å²) in [6.45, 7) is 1.71. The van der Waals surface area contributed by atoms with Crippen LogP contribution in [0.25, 0.3) is 0 Å². The number of hydrogen-bond donors (Lipinski definition) is 1. The van der Waals surface area contributed by atoms with Crippen LogP contribution in [0.2, 0.25) is 0 Å². The van der Waals surface area contributed by atoms with Crippen LogP contribution in [-0.4, -0.2) is 38.9 Å². The highest BCUT2D eigenvalue weighted by atomic mass is 79.9. The minimum atomic E-state index is -3.54. The molecule has 1 aromatic carbocycles. The Morgan fingerprint density at radius 1 is 1.20 bits per heavy atom. The molecule has 0 aromatic heterocycles. The molecular formula is C13H17BrN2O3S. The van der Waals surface area contributed by atoms with E-state index in [0.717, 1.165) is 30.4 Å². The van der Waals surface area contributed by atoms with E-state index in [0.29, 0.717) is 0 Å². The molecule has 7 heteroatoms. The van der Waals surface area contributed by atoms with Crippen molar-refractivity contribution < 1.29 is 13.2 Å². The van der Waals surface area contributed by atoms with Gasteiger partial charge in [0.05, 0.1) is 4.90 Å². The van der Waals surface area contributed by atoms with E-state index < -0.39 is 10.0 Å². The molecule has 1 aliphatic heterocycles. The van der Waals surface area contributed by atoms with E-state index in [1.54, 1.807) is 17.0 Å². The molecule has 0 saturated carbocycles. The number of nitrogens with zero attached hydrogens (tertiary/aromatic N) is 1. The molecule has 1 aliphatic rings. The second-order valence-electron chi connectivity index (χ2n) is 4.69. The molecule has 0 aliphatic carbocycles. The molecule has 0 radical (unpaired) electrons. The lowest BCUT2D eigenvalue weighted by Gasteiger charge is -2.15. The van der Waals surface area contributed by atoms with E-state index in [1.807, 2.05) is 0 Å². The van der Waals surface area contributed by atoms with Crippen molar-refractivity contribution in [3.8, 4) is 0 Å². The number of rotatable bonds is 5. The third-order valence-electron chi connectivity index (χ3n) is 3.21. The largest absolute Gasteiger partial charge is 0.343 e. The smallest absolute Gasteiger partial charge is 0.240 e. The molecule has 0 atom stereocenters. The first kappa shape index (κ1) is 15.5. The molecule has 1 saturated heterocycles. The maximum absolute atomic E-state index is 12.0. The summed E-state index contributed by atoms with van der Waals surface area (Å²) in [5.74, 6) is 0.0148. The molecule has 0 spiro atoms. The maximum Gasteiger partial charge on any atom is 0.240 e. The highest BCUT2D eigenvalue weighted by Gasteiger charge is 2.19. The summed E-state index contributed by atoms with van der Waals surface area (Å²) in [7, 11) is -3.54. The molecule has 0 bridgehead atoms. The lowest BCUT2D eigenvalue weighted by molar-refractivity contribution is -0.129. The van der Waals surface area contributed by atoms with Crippen molar-refractivity contribution >= 4 is 31.9 Å². The number of sulfonamides is 1. The molecule has 1 amide bonds. The van der Waals surface area contributed by atoms with Gasteiger partial charge in [0.2, 0.25) is 15.9 Å². The Morgan fingerprint density at radius 3 is 2.40 bits per heavy atom. The molecular weight excluding hydrogens is 344 g/mol. The van der Waals surface area contributed by atoms with Crippen molar-refractivity contribution in [2.75, 3.05) is 19.6 Å². The first-order valence-corrected chi connectivity index (χ1v) is 8.80. The second kappa shape index (κ2) is 6.69. The molecule has 1 N–H and O–H groups in total. The van der Waals surface area contributed by atoms with Crippen LogP contribution in [0.4, 0.5) is 0 Å². The van der Waals surface area contributed by atoms with Gasteiger partial charge in [-0.05, 0) is 37.1 Å². The van der Waals surface area contributed by atoms with Crippen LogP contribution in [0, 0.1) is 0 Å². The number of halogens is 1. The normalized spacial score (nSPS) is 15.6. The molecule has 1 aromatic rings. The van der Waals surface area contributed by atoms with Crippen LogP contribution in [0.3, 0.4) is 0 Å². The Morgan fingerprint density at radius 2 is 1.80 bits per heavy atom. The number of amides is 1. The number of carbonyl (C=O) groups excluding carboxylic acids is 1. The number of nitrogens with one attached hydrogen (secondary N) is 1. The van der Waals surface area contributed by atoms with E-state index >= 15 is 0 Å². The first-order valence-electron chi connectivity index (χ1n) is 6.52. The highest BCUT2D eigenvalue weighted by molar-refractivity contribution is 9.10. The summed E-state index contributed by atoms with van der Waals surface area (Å²) in [4.78, 5) is 13.8. The van der Waals surface area contributed by atoms with Gasteiger partial charge in [0.25, 0.3) is 0 Å². The zero-order valence-corrected chi connectivity index (χ0v) is 13.4. The van der Waals surface area contributed by atoms with Gasteiger partial charge in [-0.1, -0.05) is 15.9 Å². The highest BCUT2D eigenvalue weighted by Crippen LogP contribution is 2.14. The summed E-state index contributed by atoms with van der Waals surface area (Å²) < 4.78 is 27.3. The molecule has 5 nitrogen and oxygen atoms in total. The van der Waals surface area contributed by atoms with Gasteiger partial charge in [-0.25, -0.2) is 13.1 Å². The Kier molecular flexibility index (Phi) is 5.17. The summed E-state index contributed by atoms with van der Waals surface area (Å²) in [5, 5.41) is 0. The minimum absolute atomic E-state index is 0.0148. The number of hydrogen-bond acceptors (Lipinski definition) is 3. The van der Waals surface area contributed by atoms with Gasteiger partial charge in [-0.3, -0.25) is 4.79 Å². The average Bonchev–Trinajstić information content (AvgIpc) is 2.93. The zero-order chi connectivity index (χ0) is 14.6. The van der Waals surface area contributed by atoms with Gasteiger partial charge in [0, 0.05) is 30.5 Å². The van der Waals surface area contributed by atoms with Crippen LogP contribution in [0.1, 0.15) is 19.3 Å². The van der Waals surface area contributed by atoms with Gasteiger partial charge in [0.15, 0.2) is 0 Å². The summed E-state index contributed by atoms with van der Waals surface area (Å²) in [5.41, 5.74) is 0. The molecule has 2 rings (SSSR count). The predicted molar refractivity (Wildman–Crippen MR) is 79.8 cm³/mol. The van der Waals surface area contributed by atoms with Crippen molar-refractivity contribution in [1.29, 1.82) is 0 Å². The number of carbonyl (C=O) groups is 1. The molecule has 1 fully saturated rings. The topological polar surface area (TPSA) is 66.5 Å². The lowest BCUT2D eigenvalue weighted by Crippen LogP contribution is -2.32. The van der Waals surface area contributed by atoms with Crippen molar-refractivity contribution in [3.05, 3.63) is 28.7 Å². The van der Waals surface area contributed by atoms with E-state index in [1.165, 1.54) is 12.1 Å². The van der Waals surface area contributed by atoms with E-state index in [2.05, 4.69) is 20.7 Å². The van der Waals surface area contributed by atoms with Gasteiger partial charge >= 0.3 is 0 Å². The van der Waals surface area contributed by atoms with E-state index in [9.17, 15) is 13.2 Å². The maximum atomic E-state index is 12.0. The fourth-order valence-electron chi connectivity index (χ4n) is 2.11. The zero-order valence-electron chi connectivity index (χ0n) is 11.0. The Balaban J connectivity index is 1.86. The SMILES string of the molecule is O=C(CCNS(=O)(=O)c1ccc(Br)cc1)N1CCCC1. The van der Waals surface area contributed by atoms with Crippen molar-refractivity contribution in [1.82, 2.24) is 9.62 Å². The quantitative estimate of drug-likeness (QED) is 0.869. The van der Waals surface area contributed by atoms with E-state index in [-0.39, 0.29) is 23.8 Å². The molecule has 1 heterocycles. The number of likely N-dealkylation sites (tertiary alicyclic amines) is 1. The molecule has 20 heavy (non-hydrogen) atoms. The lowest BCUT2D eigenvalue weighted by atomic mass is 10.4. The van der Waals surface area contributed by atoms with Gasteiger partial charge in [-0.2, -0.15) is 0 Å². The fraction of sp³-hybridized carbons (Fsp3) is 0.462. The van der Waals surface area contributed by atoms with Crippen molar-refractivity contribution in [2.24, 2.45) is 0 Å². The third-order valence-corrected chi connectivity index (χ3v) is 5.22. The van der Waals surface area contributed by atoms with Crippen molar-refractivity contribution in [2.45, 2.75) is 24.2 Å². The van der Waals surface area contributed by atoms with Crippen LogP contribution in [0.5, 0.6) is 0 Å². The first-order chi connectivity index (χ1) is 9.49. The Labute approximate surface area is 127 Å². The Hall–Kier alpha value is -0.920. The molecule has 0 unspecified atom stereocenters. The van der Waals surface area contributed by atoms with Gasteiger partial charge < -0.3 is 4.90 Å². The molecule has 110 valence electrons. The predicted octanol–water partition coefficient (Wildman–Crippen LogP) is 1.74. The fourth-order valence-corrected chi connectivity index (χ4v) is 3.41. The van der Waals surface area contributed by atoms with Crippen molar-refractivity contribution in [3.63, 3.8) is 0 Å². The van der Waals surface area contributed by atoms with Gasteiger partial charge in [-0.15, -0.1) is 0 Å². The minimum Gasteiger partial charge on any atom is -0.343 e. The van der Waals surface area contributed by atoms with Crippen LogP contribution in [0.15, 0.2) is 33.6 Å². The summed E-state index contributed by atoms with van der Waals surface area (Å²) in [6.07, 6.45) is 2.28. The van der Waals surface area contributed by atoms with Crippen LogP contribution >= 0.6 is 15.9 Å². The van der Waals surface area contributed by atoms with Gasteiger partial charge in [0.1, 0.15) is 0 Å². The second-order valence-corrected chi connectivity index (χ2v) is 7.37. The van der Waals surface area contributed by atoms with E-state index in [4.69, 9.17) is 0 Å². The standard InChI is InChI=1S/C13H17BrN2O3S/c14-11-3-5-12(6-4-11)20(18,19)15-8-7-13(17)16-9-1-2-10-16/h3-6,15H,1-2,7-10H2. The summed E-state index contributed by atoms with van der Waals surface area (Å²) >= 11 is 3.26. The monoisotopic (exact) mass is 360 g/mol. The number of benzene rings is 1. The Bertz CT molecular complexity index is 566. The third kappa shape index (κ3) is 4.04. The average molecular weight is 361 g/mol. The summed E-state index contributed by atoms with van der Waals surface area (Å²) in [6, 6.07) is 6.39. The van der Waals surface area contributed by atoms with Crippen LogP contribution in [-0.2, 0) is 14.8 Å².